The van der Waals surface area contributed by atoms with E-state index in [-0.39, 0.29) is 18.4 Å². The van der Waals surface area contributed by atoms with Gasteiger partial charge in [-0.3, -0.25) is 9.59 Å². The number of aryl methyl sites for hydroxylation is 1. The van der Waals surface area contributed by atoms with Crippen molar-refractivity contribution < 1.29 is 19.1 Å². The second-order valence-corrected chi connectivity index (χ2v) is 6.45. The van der Waals surface area contributed by atoms with Gasteiger partial charge >= 0.3 is 0 Å². The number of benzene rings is 2. The number of ether oxygens (including phenoxy) is 2. The summed E-state index contributed by atoms with van der Waals surface area (Å²) in [6, 6.07) is 12.8. The van der Waals surface area contributed by atoms with E-state index in [2.05, 4.69) is 10.6 Å². The van der Waals surface area contributed by atoms with Crippen molar-refractivity contribution in [2.75, 3.05) is 45.5 Å². The first-order valence-electron chi connectivity index (χ1n) is 8.97. The Labute approximate surface area is 165 Å². The molecular weight excluding hydrogens is 358 g/mol. The SMILES string of the molecule is COc1ccc(OC)c(NCC(=O)Nc2ccc(CCC(=O)N(C)C)cc2)c1. The monoisotopic (exact) mass is 385 g/mol. The molecule has 0 unspecified atom stereocenters. The zero-order chi connectivity index (χ0) is 20.5. The molecule has 0 radical (unpaired) electrons. The van der Waals surface area contributed by atoms with Crippen LogP contribution in [0.1, 0.15) is 12.0 Å². The lowest BCUT2D eigenvalue weighted by molar-refractivity contribution is -0.128. The summed E-state index contributed by atoms with van der Waals surface area (Å²) in [5.74, 6) is 1.22. The Hall–Kier alpha value is -3.22. The van der Waals surface area contributed by atoms with Crippen LogP contribution in [0.25, 0.3) is 0 Å². The topological polar surface area (TPSA) is 79.9 Å². The van der Waals surface area contributed by atoms with Crippen LogP contribution in [0.4, 0.5) is 11.4 Å². The van der Waals surface area contributed by atoms with E-state index in [9.17, 15) is 9.59 Å². The number of hydrogen-bond donors (Lipinski definition) is 2. The highest BCUT2D eigenvalue weighted by molar-refractivity contribution is 5.94. The Morgan fingerprint density at radius 2 is 1.71 bits per heavy atom. The maximum absolute atomic E-state index is 12.2. The summed E-state index contributed by atoms with van der Waals surface area (Å²) in [4.78, 5) is 25.4. The third-order valence-electron chi connectivity index (χ3n) is 4.21. The van der Waals surface area contributed by atoms with Gasteiger partial charge in [0.25, 0.3) is 0 Å². The van der Waals surface area contributed by atoms with Crippen molar-refractivity contribution in [3.8, 4) is 11.5 Å². The van der Waals surface area contributed by atoms with E-state index < -0.39 is 0 Å². The standard InChI is InChI=1S/C21H27N3O4/c1-24(2)21(26)12-7-15-5-8-16(9-6-15)23-20(25)14-22-18-13-17(27-3)10-11-19(18)28-4/h5-6,8-11,13,22H,7,12,14H2,1-4H3,(H,23,25). The van der Waals surface area contributed by atoms with Gasteiger partial charge in [-0.1, -0.05) is 12.1 Å². The number of carbonyl (C=O) groups is 2. The van der Waals surface area contributed by atoms with Crippen LogP contribution in [-0.2, 0) is 16.0 Å². The predicted molar refractivity (Wildman–Crippen MR) is 110 cm³/mol. The Kier molecular flexibility index (Phi) is 7.68. The van der Waals surface area contributed by atoms with Gasteiger partial charge in [0.2, 0.25) is 11.8 Å². The lowest BCUT2D eigenvalue weighted by Gasteiger charge is -2.13. The van der Waals surface area contributed by atoms with E-state index in [0.717, 1.165) is 5.56 Å². The van der Waals surface area contributed by atoms with Crippen LogP contribution in [0.3, 0.4) is 0 Å². The highest BCUT2D eigenvalue weighted by Crippen LogP contribution is 2.28. The summed E-state index contributed by atoms with van der Waals surface area (Å²) in [5, 5.41) is 5.89. The summed E-state index contributed by atoms with van der Waals surface area (Å²) in [7, 11) is 6.64. The number of amides is 2. The van der Waals surface area contributed by atoms with Crippen molar-refractivity contribution in [3.63, 3.8) is 0 Å². The maximum Gasteiger partial charge on any atom is 0.243 e. The van der Waals surface area contributed by atoms with Gasteiger partial charge in [-0.2, -0.15) is 0 Å². The molecule has 0 heterocycles. The van der Waals surface area contributed by atoms with Crippen LogP contribution < -0.4 is 20.1 Å². The van der Waals surface area contributed by atoms with Gasteiger partial charge in [-0.15, -0.1) is 0 Å². The molecule has 0 atom stereocenters. The lowest BCUT2D eigenvalue weighted by atomic mass is 10.1. The largest absolute Gasteiger partial charge is 0.497 e. The fourth-order valence-corrected chi connectivity index (χ4v) is 2.56. The molecule has 0 aliphatic carbocycles. The quantitative estimate of drug-likeness (QED) is 0.694. The molecule has 7 heteroatoms. The van der Waals surface area contributed by atoms with Crippen LogP contribution in [0.15, 0.2) is 42.5 Å². The van der Waals surface area contributed by atoms with Crippen molar-refractivity contribution in [1.29, 1.82) is 0 Å². The summed E-state index contributed by atoms with van der Waals surface area (Å²) in [6.45, 7) is 0.0859. The summed E-state index contributed by atoms with van der Waals surface area (Å²) in [6.07, 6.45) is 1.13. The number of nitrogens with one attached hydrogen (secondary N) is 2. The third kappa shape index (κ3) is 6.19. The minimum atomic E-state index is -0.180. The second-order valence-electron chi connectivity index (χ2n) is 6.45. The zero-order valence-electron chi connectivity index (χ0n) is 16.7. The van der Waals surface area contributed by atoms with Crippen LogP contribution in [0.5, 0.6) is 11.5 Å². The molecule has 0 aliphatic heterocycles. The van der Waals surface area contributed by atoms with E-state index in [4.69, 9.17) is 9.47 Å². The molecule has 0 fully saturated rings. The molecule has 0 spiro atoms. The number of methoxy groups -OCH3 is 2. The van der Waals surface area contributed by atoms with Crippen molar-refractivity contribution in [2.45, 2.75) is 12.8 Å². The highest BCUT2D eigenvalue weighted by atomic mass is 16.5. The average molecular weight is 385 g/mol. The van der Waals surface area contributed by atoms with E-state index in [1.54, 1.807) is 51.4 Å². The normalized spacial score (nSPS) is 10.1. The first kappa shape index (κ1) is 21.1. The van der Waals surface area contributed by atoms with Crippen molar-refractivity contribution in [3.05, 3.63) is 48.0 Å². The molecule has 150 valence electrons. The van der Waals surface area contributed by atoms with Crippen LogP contribution >= 0.6 is 0 Å². The molecule has 0 saturated heterocycles. The van der Waals surface area contributed by atoms with Gasteiger partial charge in [0.15, 0.2) is 0 Å². The minimum absolute atomic E-state index is 0.0859. The fraction of sp³-hybridized carbons (Fsp3) is 0.333. The number of nitrogens with zero attached hydrogens (tertiary/aromatic N) is 1. The second kappa shape index (κ2) is 10.2. The average Bonchev–Trinajstić information content (AvgIpc) is 2.71. The minimum Gasteiger partial charge on any atom is -0.497 e. The van der Waals surface area contributed by atoms with E-state index >= 15 is 0 Å². The van der Waals surface area contributed by atoms with Gasteiger partial charge in [0.05, 0.1) is 26.5 Å². The zero-order valence-corrected chi connectivity index (χ0v) is 16.7. The molecule has 2 aromatic carbocycles. The molecule has 2 aromatic rings. The van der Waals surface area contributed by atoms with Gasteiger partial charge in [0.1, 0.15) is 11.5 Å². The van der Waals surface area contributed by atoms with Crippen LogP contribution in [0, 0.1) is 0 Å². The summed E-state index contributed by atoms with van der Waals surface area (Å²) < 4.78 is 10.5. The first-order valence-corrected chi connectivity index (χ1v) is 8.97. The molecule has 7 nitrogen and oxygen atoms in total. The lowest BCUT2D eigenvalue weighted by Crippen LogP contribution is -2.22. The van der Waals surface area contributed by atoms with Crippen LogP contribution in [0.2, 0.25) is 0 Å². The highest BCUT2D eigenvalue weighted by Gasteiger charge is 2.08. The maximum atomic E-state index is 12.2. The van der Waals surface area contributed by atoms with Gasteiger partial charge < -0.3 is 25.0 Å². The predicted octanol–water partition coefficient (Wildman–Crippen LogP) is 2.78. The number of anilines is 2. The molecule has 2 N–H and O–H groups in total. The number of carbonyl (C=O) groups excluding carboxylic acids is 2. The van der Waals surface area contributed by atoms with Crippen molar-refractivity contribution in [1.82, 2.24) is 4.90 Å². The number of hydrogen-bond acceptors (Lipinski definition) is 5. The summed E-state index contributed by atoms with van der Waals surface area (Å²) >= 11 is 0. The molecule has 2 amide bonds. The van der Waals surface area contributed by atoms with Crippen molar-refractivity contribution in [2.24, 2.45) is 0 Å². The molecular formula is C21H27N3O4. The first-order chi connectivity index (χ1) is 13.4. The smallest absolute Gasteiger partial charge is 0.243 e. The summed E-state index contributed by atoms with van der Waals surface area (Å²) in [5.41, 5.74) is 2.43. The third-order valence-corrected chi connectivity index (χ3v) is 4.21. The number of rotatable bonds is 9. The van der Waals surface area contributed by atoms with Gasteiger partial charge in [-0.05, 0) is 36.2 Å². The fourth-order valence-electron chi connectivity index (χ4n) is 2.56. The van der Waals surface area contributed by atoms with Crippen LogP contribution in [-0.4, -0.2) is 51.6 Å². The Morgan fingerprint density at radius 3 is 2.32 bits per heavy atom. The Balaban J connectivity index is 1.87. The molecule has 0 aromatic heterocycles. The van der Waals surface area contributed by atoms with Gasteiger partial charge in [0, 0.05) is 32.3 Å². The van der Waals surface area contributed by atoms with E-state index in [1.165, 1.54) is 0 Å². The molecule has 0 aliphatic rings. The molecule has 2 rings (SSSR count). The van der Waals surface area contributed by atoms with E-state index in [0.29, 0.717) is 35.7 Å². The van der Waals surface area contributed by atoms with E-state index in [1.807, 2.05) is 24.3 Å². The Bertz CT molecular complexity index is 804. The van der Waals surface area contributed by atoms with Crippen molar-refractivity contribution >= 4 is 23.2 Å². The molecule has 28 heavy (non-hydrogen) atoms. The molecule has 0 bridgehead atoms. The Morgan fingerprint density at radius 1 is 1.00 bits per heavy atom. The van der Waals surface area contributed by atoms with Gasteiger partial charge in [-0.25, -0.2) is 0 Å². The molecule has 0 saturated carbocycles.